The number of rotatable bonds is 6. The zero-order chi connectivity index (χ0) is 13.8. The van der Waals surface area contributed by atoms with Crippen LogP contribution >= 0.6 is 11.8 Å². The van der Waals surface area contributed by atoms with Gasteiger partial charge in [-0.1, -0.05) is 20.8 Å². The normalized spacial score (nSPS) is 23.8. The minimum Gasteiger partial charge on any atom is -0.298 e. The van der Waals surface area contributed by atoms with Crippen LogP contribution in [0.5, 0.6) is 0 Å². The van der Waals surface area contributed by atoms with Crippen molar-refractivity contribution >= 4 is 27.4 Å². The first-order valence-corrected chi connectivity index (χ1v) is 9.35. The van der Waals surface area contributed by atoms with E-state index < -0.39 is 15.2 Å². The third-order valence-corrected chi connectivity index (χ3v) is 6.86. The second-order valence-electron chi connectivity index (χ2n) is 4.73. The highest BCUT2D eigenvalue weighted by molar-refractivity contribution is 8.01. The summed E-state index contributed by atoms with van der Waals surface area (Å²) < 4.78 is 24.0. The van der Waals surface area contributed by atoms with Gasteiger partial charge >= 0.3 is 0 Å². The number of hydrogen-bond acceptors (Lipinski definition) is 5. The number of sulfone groups is 1. The van der Waals surface area contributed by atoms with Crippen molar-refractivity contribution in [3.8, 4) is 0 Å². The first-order chi connectivity index (χ1) is 8.42. The van der Waals surface area contributed by atoms with Crippen LogP contribution in [0.3, 0.4) is 0 Å². The van der Waals surface area contributed by atoms with Crippen LogP contribution < -0.4 is 0 Å². The molecule has 4 nitrogen and oxygen atoms in total. The van der Waals surface area contributed by atoms with Gasteiger partial charge in [0.25, 0.3) is 0 Å². The standard InChI is InChI=1S/C12H23NO3S2/c1-4-10(3)11(14)8-13-6-7-17-9-12(13)18(15,16)5-2/h10,12H,4-9H2,1-3H3. The van der Waals surface area contributed by atoms with E-state index in [1.54, 1.807) is 18.7 Å². The minimum atomic E-state index is -3.10. The lowest BCUT2D eigenvalue weighted by Gasteiger charge is -2.34. The Morgan fingerprint density at radius 1 is 1.44 bits per heavy atom. The molecule has 2 atom stereocenters. The Morgan fingerprint density at radius 3 is 2.67 bits per heavy atom. The van der Waals surface area contributed by atoms with Crippen LogP contribution in [0.25, 0.3) is 0 Å². The van der Waals surface area contributed by atoms with Crippen LogP contribution in [0.4, 0.5) is 0 Å². The summed E-state index contributed by atoms with van der Waals surface area (Å²) in [6.07, 6.45) is 0.812. The monoisotopic (exact) mass is 293 g/mol. The molecule has 18 heavy (non-hydrogen) atoms. The lowest BCUT2D eigenvalue weighted by molar-refractivity contribution is -0.123. The third-order valence-electron chi connectivity index (χ3n) is 3.53. The lowest BCUT2D eigenvalue weighted by atomic mass is 10.0. The topological polar surface area (TPSA) is 54.5 Å². The van der Waals surface area contributed by atoms with E-state index in [1.807, 2.05) is 18.7 Å². The maximum absolute atomic E-state index is 12.0. The van der Waals surface area contributed by atoms with Crippen LogP contribution in [0.1, 0.15) is 27.2 Å². The molecule has 0 amide bonds. The Bertz CT molecular complexity index is 381. The fraction of sp³-hybridized carbons (Fsp3) is 0.917. The molecule has 1 rings (SSSR count). The summed E-state index contributed by atoms with van der Waals surface area (Å²) in [5.41, 5.74) is 0. The van der Waals surface area contributed by atoms with E-state index in [9.17, 15) is 13.2 Å². The summed E-state index contributed by atoms with van der Waals surface area (Å²) in [4.78, 5) is 13.8. The number of thioether (sulfide) groups is 1. The van der Waals surface area contributed by atoms with Crippen LogP contribution in [-0.4, -0.2) is 54.8 Å². The summed E-state index contributed by atoms with van der Waals surface area (Å²) >= 11 is 1.66. The molecule has 1 fully saturated rings. The largest absolute Gasteiger partial charge is 0.298 e. The average molecular weight is 293 g/mol. The highest BCUT2D eigenvalue weighted by Crippen LogP contribution is 2.21. The molecule has 0 spiro atoms. The molecule has 106 valence electrons. The van der Waals surface area contributed by atoms with Gasteiger partial charge in [0, 0.05) is 29.7 Å². The first-order valence-electron chi connectivity index (χ1n) is 6.48. The van der Waals surface area contributed by atoms with Gasteiger partial charge in [-0.05, 0) is 6.42 Å². The van der Waals surface area contributed by atoms with Crippen LogP contribution in [-0.2, 0) is 14.6 Å². The lowest BCUT2D eigenvalue weighted by Crippen LogP contribution is -2.50. The zero-order valence-electron chi connectivity index (χ0n) is 11.4. The molecule has 1 aliphatic heterocycles. The Kier molecular flexibility index (Phi) is 6.14. The molecule has 0 radical (unpaired) electrons. The van der Waals surface area contributed by atoms with Crippen molar-refractivity contribution in [3.05, 3.63) is 0 Å². The fourth-order valence-corrected chi connectivity index (χ4v) is 4.98. The van der Waals surface area contributed by atoms with Gasteiger partial charge in [-0.3, -0.25) is 9.69 Å². The van der Waals surface area contributed by atoms with Gasteiger partial charge in [0.15, 0.2) is 9.84 Å². The highest BCUT2D eigenvalue weighted by atomic mass is 32.2. The van der Waals surface area contributed by atoms with Crippen molar-refractivity contribution < 1.29 is 13.2 Å². The summed E-state index contributed by atoms with van der Waals surface area (Å²) in [6.45, 7) is 6.53. The van der Waals surface area contributed by atoms with E-state index in [-0.39, 0.29) is 24.0 Å². The van der Waals surface area contributed by atoms with Crippen molar-refractivity contribution in [3.63, 3.8) is 0 Å². The minimum absolute atomic E-state index is 0.0181. The Labute approximate surface area is 114 Å². The van der Waals surface area contributed by atoms with Gasteiger partial charge in [-0.15, -0.1) is 0 Å². The second-order valence-corrected chi connectivity index (χ2v) is 8.32. The molecule has 0 aliphatic carbocycles. The molecule has 0 aromatic carbocycles. The van der Waals surface area contributed by atoms with E-state index >= 15 is 0 Å². The van der Waals surface area contributed by atoms with Gasteiger partial charge < -0.3 is 0 Å². The first kappa shape index (κ1) is 16.0. The molecular formula is C12H23NO3S2. The average Bonchev–Trinajstić information content (AvgIpc) is 2.38. The van der Waals surface area contributed by atoms with E-state index in [1.165, 1.54) is 0 Å². The number of Topliss-reactive ketones (excluding diaryl/α,β-unsaturated/α-hetero) is 1. The molecule has 1 heterocycles. The number of ketones is 1. The Morgan fingerprint density at radius 2 is 2.11 bits per heavy atom. The predicted octanol–water partition coefficient (Wildman–Crippen LogP) is 1.41. The van der Waals surface area contributed by atoms with Gasteiger partial charge in [-0.25, -0.2) is 8.42 Å². The predicted molar refractivity (Wildman–Crippen MR) is 76.6 cm³/mol. The van der Waals surface area contributed by atoms with Crippen LogP contribution in [0.15, 0.2) is 0 Å². The highest BCUT2D eigenvalue weighted by Gasteiger charge is 2.34. The van der Waals surface area contributed by atoms with Crippen LogP contribution in [0, 0.1) is 5.92 Å². The molecule has 6 heteroatoms. The van der Waals surface area contributed by atoms with E-state index in [4.69, 9.17) is 0 Å². The molecule has 0 bridgehead atoms. The number of carbonyl (C=O) groups is 1. The SMILES string of the molecule is CCC(C)C(=O)CN1CCSCC1S(=O)(=O)CC. The second kappa shape index (κ2) is 6.91. The van der Waals surface area contributed by atoms with Crippen molar-refractivity contribution in [1.82, 2.24) is 4.90 Å². The number of hydrogen-bond donors (Lipinski definition) is 0. The molecular weight excluding hydrogens is 270 g/mol. The summed E-state index contributed by atoms with van der Waals surface area (Å²) in [7, 11) is -3.10. The van der Waals surface area contributed by atoms with Gasteiger partial charge in [0.05, 0.1) is 6.54 Å². The number of carbonyl (C=O) groups excluding carboxylic acids is 1. The van der Waals surface area contributed by atoms with Crippen molar-refractivity contribution in [2.24, 2.45) is 5.92 Å². The van der Waals surface area contributed by atoms with E-state index in [0.29, 0.717) is 12.3 Å². The maximum atomic E-state index is 12.0. The van der Waals surface area contributed by atoms with Gasteiger partial charge in [-0.2, -0.15) is 11.8 Å². The smallest absolute Gasteiger partial charge is 0.166 e. The van der Waals surface area contributed by atoms with E-state index in [0.717, 1.165) is 12.2 Å². The van der Waals surface area contributed by atoms with Gasteiger partial charge in [0.2, 0.25) is 0 Å². The summed E-state index contributed by atoms with van der Waals surface area (Å²) in [5, 5.41) is -0.478. The van der Waals surface area contributed by atoms with E-state index in [2.05, 4.69) is 0 Å². The van der Waals surface area contributed by atoms with Crippen molar-refractivity contribution in [2.75, 3.05) is 30.3 Å². The quantitative estimate of drug-likeness (QED) is 0.741. The molecule has 0 N–H and O–H groups in total. The van der Waals surface area contributed by atoms with Gasteiger partial charge in [0.1, 0.15) is 11.2 Å². The molecule has 0 aromatic heterocycles. The molecule has 0 aromatic rings. The van der Waals surface area contributed by atoms with Crippen molar-refractivity contribution in [1.29, 1.82) is 0 Å². The zero-order valence-corrected chi connectivity index (χ0v) is 13.0. The summed E-state index contributed by atoms with van der Waals surface area (Å²) in [5.74, 6) is 1.81. The third kappa shape index (κ3) is 3.96. The summed E-state index contributed by atoms with van der Waals surface area (Å²) in [6, 6.07) is 0. The fourth-order valence-electron chi connectivity index (χ4n) is 1.90. The maximum Gasteiger partial charge on any atom is 0.166 e. The van der Waals surface area contributed by atoms with Crippen LogP contribution in [0.2, 0.25) is 0 Å². The molecule has 1 saturated heterocycles. The molecule has 0 saturated carbocycles. The Hall–Kier alpha value is -0.0700. The molecule has 2 unspecified atom stereocenters. The molecule has 1 aliphatic rings. The number of nitrogens with zero attached hydrogens (tertiary/aromatic N) is 1. The Balaban J connectivity index is 2.75. The van der Waals surface area contributed by atoms with Crippen molar-refractivity contribution in [2.45, 2.75) is 32.6 Å².